The number of aryl methyl sites for hydroxylation is 2. The maximum absolute atomic E-state index is 12.3. The summed E-state index contributed by atoms with van der Waals surface area (Å²) >= 11 is 0. The molecule has 0 radical (unpaired) electrons. The second-order valence-corrected chi connectivity index (χ2v) is 7.49. The minimum Gasteiger partial charge on any atom is -0.493 e. The smallest absolute Gasteiger partial charge is 0.338 e. The molecule has 1 aromatic heterocycles. The quantitative estimate of drug-likeness (QED) is 0.564. The van der Waals surface area contributed by atoms with Crippen LogP contribution in [0.25, 0.3) is 0 Å². The van der Waals surface area contributed by atoms with Crippen LogP contribution in [0.2, 0.25) is 0 Å². The predicted octanol–water partition coefficient (Wildman–Crippen LogP) is 3.67. The molecule has 1 atom stereocenters. The molecule has 3 aromatic rings. The number of fused-ring (bicyclic) bond motifs is 1. The molecule has 1 aliphatic rings. The van der Waals surface area contributed by atoms with Gasteiger partial charge in [-0.05, 0) is 44.2 Å². The van der Waals surface area contributed by atoms with Gasteiger partial charge in [-0.25, -0.2) is 4.79 Å². The van der Waals surface area contributed by atoms with Crippen LogP contribution in [-0.4, -0.2) is 30.2 Å². The molecule has 0 saturated heterocycles. The van der Waals surface area contributed by atoms with Crippen molar-refractivity contribution in [1.82, 2.24) is 10.5 Å². The summed E-state index contributed by atoms with van der Waals surface area (Å²) in [7, 11) is 0. The van der Waals surface area contributed by atoms with Crippen LogP contribution >= 0.6 is 0 Å². The highest BCUT2D eigenvalue weighted by molar-refractivity contribution is 5.91. The SMILES string of the molecule is Cc1noc(C)c1COc1ccc(C(=O)OCC(=O)NC2CCOc3ccccc32)cc1. The van der Waals surface area contributed by atoms with Gasteiger partial charge in [0.05, 0.1) is 29.5 Å². The number of carbonyl (C=O) groups excluding carboxylic acids is 2. The number of para-hydroxylation sites is 1. The molecule has 0 spiro atoms. The highest BCUT2D eigenvalue weighted by Gasteiger charge is 2.23. The summed E-state index contributed by atoms with van der Waals surface area (Å²) in [5.74, 6) is 1.13. The van der Waals surface area contributed by atoms with E-state index in [-0.39, 0.29) is 18.6 Å². The highest BCUT2D eigenvalue weighted by Crippen LogP contribution is 2.31. The van der Waals surface area contributed by atoms with Crippen molar-refractivity contribution in [2.24, 2.45) is 0 Å². The molecule has 1 aliphatic heterocycles. The van der Waals surface area contributed by atoms with E-state index in [4.69, 9.17) is 18.7 Å². The van der Waals surface area contributed by atoms with Crippen LogP contribution in [-0.2, 0) is 16.1 Å². The molecule has 0 fully saturated rings. The molecule has 1 unspecified atom stereocenters. The topological polar surface area (TPSA) is 99.9 Å². The lowest BCUT2D eigenvalue weighted by atomic mass is 10.0. The number of esters is 1. The summed E-state index contributed by atoms with van der Waals surface area (Å²) in [6.07, 6.45) is 0.659. The fourth-order valence-corrected chi connectivity index (χ4v) is 3.49. The van der Waals surface area contributed by atoms with E-state index in [1.54, 1.807) is 24.3 Å². The Hall–Kier alpha value is -3.81. The Kier molecular flexibility index (Phi) is 6.39. The fraction of sp³-hybridized carbons (Fsp3) is 0.292. The Morgan fingerprint density at radius 1 is 1.12 bits per heavy atom. The lowest BCUT2D eigenvalue weighted by Crippen LogP contribution is -2.35. The summed E-state index contributed by atoms with van der Waals surface area (Å²) in [4.78, 5) is 24.6. The van der Waals surface area contributed by atoms with Gasteiger partial charge in [-0.3, -0.25) is 4.79 Å². The number of nitrogens with one attached hydrogen (secondary N) is 1. The number of amides is 1. The van der Waals surface area contributed by atoms with E-state index in [1.807, 2.05) is 38.1 Å². The standard InChI is InChI=1S/C24H24N2O6/c1-15-20(16(2)32-26-15)13-30-18-9-7-17(8-10-18)24(28)31-14-23(27)25-21-11-12-29-22-6-4-3-5-19(21)22/h3-10,21H,11-14H2,1-2H3,(H,25,27). The zero-order chi connectivity index (χ0) is 22.5. The third-order valence-corrected chi connectivity index (χ3v) is 5.28. The van der Waals surface area contributed by atoms with Gasteiger partial charge in [-0.2, -0.15) is 0 Å². The van der Waals surface area contributed by atoms with Crippen LogP contribution in [0.4, 0.5) is 0 Å². The first kappa shape index (κ1) is 21.4. The minimum atomic E-state index is -0.579. The molecule has 0 aliphatic carbocycles. The van der Waals surface area contributed by atoms with Crippen LogP contribution in [0.1, 0.15) is 45.4 Å². The van der Waals surface area contributed by atoms with Crippen molar-refractivity contribution in [3.63, 3.8) is 0 Å². The van der Waals surface area contributed by atoms with Crippen LogP contribution in [0.5, 0.6) is 11.5 Å². The van der Waals surface area contributed by atoms with Crippen molar-refractivity contribution < 1.29 is 28.3 Å². The molecule has 2 aromatic carbocycles. The Labute approximate surface area is 185 Å². The van der Waals surface area contributed by atoms with Crippen molar-refractivity contribution in [2.45, 2.75) is 32.9 Å². The fourth-order valence-electron chi connectivity index (χ4n) is 3.49. The number of hydrogen-bond acceptors (Lipinski definition) is 7. The second kappa shape index (κ2) is 9.55. The Balaban J connectivity index is 1.26. The van der Waals surface area contributed by atoms with Crippen molar-refractivity contribution in [1.29, 1.82) is 0 Å². The van der Waals surface area contributed by atoms with E-state index in [2.05, 4.69) is 10.5 Å². The van der Waals surface area contributed by atoms with Gasteiger partial charge < -0.3 is 24.1 Å². The second-order valence-electron chi connectivity index (χ2n) is 7.49. The van der Waals surface area contributed by atoms with Crippen LogP contribution in [0, 0.1) is 13.8 Å². The number of rotatable bonds is 7. The molecule has 1 amide bonds. The zero-order valence-corrected chi connectivity index (χ0v) is 17.9. The average Bonchev–Trinajstić information content (AvgIpc) is 3.13. The molecule has 8 nitrogen and oxygen atoms in total. The van der Waals surface area contributed by atoms with E-state index >= 15 is 0 Å². The van der Waals surface area contributed by atoms with Crippen LogP contribution < -0.4 is 14.8 Å². The van der Waals surface area contributed by atoms with Crippen molar-refractivity contribution >= 4 is 11.9 Å². The monoisotopic (exact) mass is 436 g/mol. The summed E-state index contributed by atoms with van der Waals surface area (Å²) in [6, 6.07) is 13.9. The lowest BCUT2D eigenvalue weighted by molar-refractivity contribution is -0.125. The molecule has 1 N–H and O–H groups in total. The minimum absolute atomic E-state index is 0.166. The third kappa shape index (κ3) is 4.91. The van der Waals surface area contributed by atoms with Gasteiger partial charge in [0, 0.05) is 12.0 Å². The highest BCUT2D eigenvalue weighted by atomic mass is 16.5. The average molecular weight is 436 g/mol. The Morgan fingerprint density at radius 3 is 2.66 bits per heavy atom. The molecular formula is C24H24N2O6. The Morgan fingerprint density at radius 2 is 1.91 bits per heavy atom. The van der Waals surface area contributed by atoms with Gasteiger partial charge >= 0.3 is 5.97 Å². The molecule has 4 rings (SSSR count). The van der Waals surface area contributed by atoms with Crippen LogP contribution in [0.3, 0.4) is 0 Å². The first-order valence-corrected chi connectivity index (χ1v) is 10.3. The van der Waals surface area contributed by atoms with Gasteiger partial charge in [0.2, 0.25) is 0 Å². The van der Waals surface area contributed by atoms with E-state index in [0.29, 0.717) is 36.7 Å². The van der Waals surface area contributed by atoms with Crippen molar-refractivity contribution in [2.75, 3.05) is 13.2 Å². The largest absolute Gasteiger partial charge is 0.493 e. The van der Waals surface area contributed by atoms with E-state index < -0.39 is 5.97 Å². The van der Waals surface area contributed by atoms with Gasteiger partial charge in [0.15, 0.2) is 6.61 Å². The number of nitrogens with zero attached hydrogens (tertiary/aromatic N) is 1. The maximum Gasteiger partial charge on any atom is 0.338 e. The molecule has 0 bridgehead atoms. The third-order valence-electron chi connectivity index (χ3n) is 5.28. The van der Waals surface area contributed by atoms with Gasteiger partial charge in [-0.1, -0.05) is 23.4 Å². The molecule has 2 heterocycles. The molecule has 0 saturated carbocycles. The van der Waals surface area contributed by atoms with Gasteiger partial charge in [-0.15, -0.1) is 0 Å². The predicted molar refractivity (Wildman–Crippen MR) is 114 cm³/mol. The van der Waals surface area contributed by atoms with E-state index in [0.717, 1.165) is 22.6 Å². The van der Waals surface area contributed by atoms with Crippen LogP contribution in [0.15, 0.2) is 53.1 Å². The maximum atomic E-state index is 12.3. The summed E-state index contributed by atoms with van der Waals surface area (Å²) in [6.45, 7) is 4.16. The first-order valence-electron chi connectivity index (χ1n) is 10.3. The molecular weight excluding hydrogens is 412 g/mol. The van der Waals surface area contributed by atoms with Gasteiger partial charge in [0.25, 0.3) is 5.91 Å². The summed E-state index contributed by atoms with van der Waals surface area (Å²) < 4.78 is 21.6. The van der Waals surface area contributed by atoms with Gasteiger partial charge in [0.1, 0.15) is 23.9 Å². The Bertz CT molecular complexity index is 1090. The number of carbonyl (C=O) groups is 2. The zero-order valence-electron chi connectivity index (χ0n) is 17.9. The number of aromatic nitrogens is 1. The summed E-state index contributed by atoms with van der Waals surface area (Å²) in [5, 5.41) is 6.79. The lowest BCUT2D eigenvalue weighted by Gasteiger charge is -2.26. The number of hydrogen-bond donors (Lipinski definition) is 1. The molecule has 166 valence electrons. The summed E-state index contributed by atoms with van der Waals surface area (Å²) in [5.41, 5.74) is 2.93. The van der Waals surface area contributed by atoms with Crippen molar-refractivity contribution in [3.8, 4) is 11.5 Å². The molecule has 32 heavy (non-hydrogen) atoms. The number of ether oxygens (including phenoxy) is 3. The normalized spacial score (nSPS) is 14.8. The number of benzene rings is 2. The first-order chi connectivity index (χ1) is 15.5. The van der Waals surface area contributed by atoms with Crippen molar-refractivity contribution in [3.05, 3.63) is 76.7 Å². The van der Waals surface area contributed by atoms with E-state index in [9.17, 15) is 9.59 Å². The van der Waals surface area contributed by atoms with E-state index in [1.165, 1.54) is 0 Å². The molecule has 8 heteroatoms.